The van der Waals surface area contributed by atoms with Gasteiger partial charge in [0, 0.05) is 37.8 Å². The van der Waals surface area contributed by atoms with Crippen molar-refractivity contribution in [2.75, 3.05) is 13.6 Å². The van der Waals surface area contributed by atoms with Gasteiger partial charge >= 0.3 is 0 Å². The van der Waals surface area contributed by atoms with Crippen LogP contribution < -0.4 is 0 Å². The Morgan fingerprint density at radius 3 is 2.94 bits per heavy atom. The molecule has 0 fully saturated rings. The molecule has 0 spiro atoms. The van der Waals surface area contributed by atoms with Crippen molar-refractivity contribution in [3.63, 3.8) is 0 Å². The standard InChI is InChI=1S/C12H17ClN4S/c1-16(8-11-14-4-6-17(11)2)5-3-12-15-10(7-13)9-18-12/h4,6,9H,3,5,7-8H2,1-2H3. The highest BCUT2D eigenvalue weighted by Crippen LogP contribution is 2.12. The van der Waals surface area contributed by atoms with E-state index in [0.717, 1.165) is 36.0 Å². The van der Waals surface area contributed by atoms with Crippen LogP contribution in [0.1, 0.15) is 16.5 Å². The molecule has 0 aliphatic carbocycles. The highest BCUT2D eigenvalue weighted by atomic mass is 35.5. The maximum Gasteiger partial charge on any atom is 0.122 e. The van der Waals surface area contributed by atoms with Gasteiger partial charge in [-0.05, 0) is 7.05 Å². The molecule has 0 aromatic carbocycles. The third-order valence-electron chi connectivity index (χ3n) is 2.78. The molecule has 0 aliphatic heterocycles. The van der Waals surface area contributed by atoms with Crippen molar-refractivity contribution in [1.82, 2.24) is 19.4 Å². The average Bonchev–Trinajstić information content (AvgIpc) is 2.97. The monoisotopic (exact) mass is 284 g/mol. The van der Waals surface area contributed by atoms with E-state index in [4.69, 9.17) is 11.6 Å². The summed E-state index contributed by atoms with van der Waals surface area (Å²) < 4.78 is 2.05. The van der Waals surface area contributed by atoms with Crippen LogP contribution >= 0.6 is 22.9 Å². The summed E-state index contributed by atoms with van der Waals surface area (Å²) in [5.41, 5.74) is 0.975. The first kappa shape index (κ1) is 13.5. The van der Waals surface area contributed by atoms with Gasteiger partial charge in [0.25, 0.3) is 0 Å². The van der Waals surface area contributed by atoms with Crippen molar-refractivity contribution in [2.45, 2.75) is 18.8 Å². The number of aryl methyl sites for hydroxylation is 1. The molecule has 6 heteroatoms. The van der Waals surface area contributed by atoms with Crippen molar-refractivity contribution >= 4 is 22.9 Å². The van der Waals surface area contributed by atoms with E-state index >= 15 is 0 Å². The lowest BCUT2D eigenvalue weighted by Gasteiger charge is -2.15. The van der Waals surface area contributed by atoms with Crippen LogP contribution in [0.3, 0.4) is 0 Å². The molecule has 4 nitrogen and oxygen atoms in total. The predicted octanol–water partition coefficient (Wildman–Crippen LogP) is 2.29. The number of rotatable bonds is 6. The summed E-state index contributed by atoms with van der Waals surface area (Å²) in [5.74, 6) is 1.58. The largest absolute Gasteiger partial charge is 0.337 e. The first-order valence-electron chi connectivity index (χ1n) is 5.83. The second-order valence-electron chi connectivity index (χ2n) is 4.31. The molecule has 0 atom stereocenters. The molecule has 0 N–H and O–H groups in total. The lowest BCUT2D eigenvalue weighted by atomic mass is 10.4. The smallest absolute Gasteiger partial charge is 0.122 e. The van der Waals surface area contributed by atoms with Gasteiger partial charge in [-0.15, -0.1) is 22.9 Å². The highest BCUT2D eigenvalue weighted by Gasteiger charge is 2.06. The summed E-state index contributed by atoms with van der Waals surface area (Å²) in [6, 6.07) is 0. The maximum atomic E-state index is 5.74. The number of hydrogen-bond donors (Lipinski definition) is 0. The molecule has 0 saturated carbocycles. The number of hydrogen-bond acceptors (Lipinski definition) is 4. The Labute approximate surface area is 116 Å². The fourth-order valence-corrected chi connectivity index (χ4v) is 2.70. The average molecular weight is 285 g/mol. The summed E-state index contributed by atoms with van der Waals surface area (Å²) in [6.07, 6.45) is 4.76. The minimum Gasteiger partial charge on any atom is -0.337 e. The highest BCUT2D eigenvalue weighted by molar-refractivity contribution is 7.09. The van der Waals surface area contributed by atoms with Crippen molar-refractivity contribution in [2.24, 2.45) is 7.05 Å². The van der Waals surface area contributed by atoms with Gasteiger partial charge in [-0.2, -0.15) is 0 Å². The van der Waals surface area contributed by atoms with E-state index in [1.165, 1.54) is 0 Å². The number of aromatic nitrogens is 3. The first-order valence-corrected chi connectivity index (χ1v) is 7.24. The number of halogens is 1. The Morgan fingerprint density at radius 1 is 1.50 bits per heavy atom. The molecule has 98 valence electrons. The Bertz CT molecular complexity index is 494. The maximum absolute atomic E-state index is 5.74. The molecule has 0 radical (unpaired) electrons. The Morgan fingerprint density at radius 2 is 2.33 bits per heavy atom. The molecule has 2 heterocycles. The lowest BCUT2D eigenvalue weighted by molar-refractivity contribution is 0.318. The summed E-state index contributed by atoms with van der Waals surface area (Å²) in [7, 11) is 4.12. The topological polar surface area (TPSA) is 34.0 Å². The zero-order valence-corrected chi connectivity index (χ0v) is 12.2. The zero-order valence-electron chi connectivity index (χ0n) is 10.6. The molecule has 2 rings (SSSR count). The number of imidazole rings is 1. The molecule has 18 heavy (non-hydrogen) atoms. The zero-order chi connectivity index (χ0) is 13.0. The molecular weight excluding hydrogens is 268 g/mol. The second-order valence-corrected chi connectivity index (χ2v) is 5.52. The molecule has 2 aromatic heterocycles. The van der Waals surface area contributed by atoms with Crippen LogP contribution in [0.4, 0.5) is 0 Å². The van der Waals surface area contributed by atoms with Gasteiger partial charge in [-0.1, -0.05) is 0 Å². The molecular formula is C12H17ClN4S. The van der Waals surface area contributed by atoms with Crippen LogP contribution in [-0.4, -0.2) is 33.0 Å². The summed E-state index contributed by atoms with van der Waals surface area (Å²) >= 11 is 7.42. The van der Waals surface area contributed by atoms with E-state index in [9.17, 15) is 0 Å². The van der Waals surface area contributed by atoms with Gasteiger partial charge in [-0.25, -0.2) is 9.97 Å². The van der Waals surface area contributed by atoms with Gasteiger partial charge in [0.2, 0.25) is 0 Å². The SMILES string of the molecule is CN(CCc1nc(CCl)cs1)Cc1nccn1C. The van der Waals surface area contributed by atoms with Crippen molar-refractivity contribution < 1.29 is 0 Å². The van der Waals surface area contributed by atoms with E-state index in [0.29, 0.717) is 5.88 Å². The normalized spacial score (nSPS) is 11.3. The van der Waals surface area contributed by atoms with Gasteiger partial charge in [0.05, 0.1) is 23.1 Å². The van der Waals surface area contributed by atoms with Gasteiger partial charge in [-0.3, -0.25) is 4.90 Å². The van der Waals surface area contributed by atoms with Crippen molar-refractivity contribution in [1.29, 1.82) is 0 Å². The molecule has 0 aliphatic rings. The summed E-state index contributed by atoms with van der Waals surface area (Å²) in [4.78, 5) is 11.0. The molecule has 0 saturated heterocycles. The third kappa shape index (κ3) is 3.54. The molecule has 0 amide bonds. The quantitative estimate of drug-likeness (QED) is 0.763. The molecule has 0 unspecified atom stereocenters. The Kier molecular flexibility index (Phi) is 4.74. The fraction of sp³-hybridized carbons (Fsp3) is 0.500. The first-order chi connectivity index (χ1) is 8.69. The number of nitrogens with zero attached hydrogens (tertiary/aromatic N) is 4. The van der Waals surface area contributed by atoms with Crippen LogP contribution in [0, 0.1) is 0 Å². The van der Waals surface area contributed by atoms with Gasteiger partial charge < -0.3 is 4.57 Å². The van der Waals surface area contributed by atoms with Crippen LogP contribution in [0.25, 0.3) is 0 Å². The van der Waals surface area contributed by atoms with Crippen LogP contribution in [0.2, 0.25) is 0 Å². The second kappa shape index (κ2) is 6.31. The minimum atomic E-state index is 0.500. The summed E-state index contributed by atoms with van der Waals surface area (Å²) in [6.45, 7) is 1.83. The van der Waals surface area contributed by atoms with Crippen LogP contribution in [-0.2, 0) is 25.9 Å². The van der Waals surface area contributed by atoms with E-state index in [2.05, 4.69) is 21.9 Å². The van der Waals surface area contributed by atoms with E-state index in [1.54, 1.807) is 11.3 Å². The molecule has 2 aromatic rings. The van der Waals surface area contributed by atoms with Crippen LogP contribution in [0.5, 0.6) is 0 Å². The van der Waals surface area contributed by atoms with Crippen molar-refractivity contribution in [3.05, 3.63) is 34.3 Å². The van der Waals surface area contributed by atoms with E-state index in [-0.39, 0.29) is 0 Å². The summed E-state index contributed by atoms with van der Waals surface area (Å²) in [5, 5.41) is 3.18. The Balaban J connectivity index is 1.81. The van der Waals surface area contributed by atoms with Gasteiger partial charge in [0.1, 0.15) is 5.82 Å². The Hall–Kier alpha value is -0.910. The van der Waals surface area contributed by atoms with Gasteiger partial charge in [0.15, 0.2) is 0 Å². The number of alkyl halides is 1. The number of thiazole rings is 1. The third-order valence-corrected chi connectivity index (χ3v) is 4.01. The van der Waals surface area contributed by atoms with E-state index < -0.39 is 0 Å². The fourth-order valence-electron chi connectivity index (χ4n) is 1.68. The van der Waals surface area contributed by atoms with Crippen LogP contribution in [0.15, 0.2) is 17.8 Å². The van der Waals surface area contributed by atoms with E-state index in [1.807, 2.05) is 29.4 Å². The van der Waals surface area contributed by atoms with Crippen molar-refractivity contribution in [3.8, 4) is 0 Å². The molecule has 0 bridgehead atoms. The predicted molar refractivity (Wildman–Crippen MR) is 74.9 cm³/mol. The minimum absolute atomic E-state index is 0.500. The number of likely N-dealkylation sites (N-methyl/N-ethyl adjacent to an activating group) is 1. The lowest BCUT2D eigenvalue weighted by Crippen LogP contribution is -2.22.